The number of hydrogen-bond donors (Lipinski definition) is 2. The zero-order valence-electron chi connectivity index (χ0n) is 12.7. The van der Waals surface area contributed by atoms with E-state index in [0.29, 0.717) is 6.42 Å². The Morgan fingerprint density at radius 1 is 1.38 bits per heavy atom. The lowest BCUT2D eigenvalue weighted by molar-refractivity contribution is -0.116. The summed E-state index contributed by atoms with van der Waals surface area (Å²) in [7, 11) is 0. The van der Waals surface area contributed by atoms with E-state index in [1.165, 1.54) is 24.5 Å². The number of rotatable bonds is 5. The topological polar surface area (TPSA) is 58.4 Å². The Labute approximate surface area is 131 Å². The van der Waals surface area contributed by atoms with E-state index >= 15 is 0 Å². The van der Waals surface area contributed by atoms with Crippen LogP contribution in [-0.4, -0.2) is 41.9 Å². The molecule has 1 aromatic rings. The number of nitrogens with one attached hydrogen (secondary N) is 1. The summed E-state index contributed by atoms with van der Waals surface area (Å²) in [6.07, 6.45) is 2.76. The minimum atomic E-state index is 0.0899. The van der Waals surface area contributed by atoms with Crippen LogP contribution in [0.2, 0.25) is 0 Å². The standard InChI is InChI=1S/C16H25N3OS/c1-13-12-14(17)5-6-15(13)18-16(20)4-2-7-19-8-3-10-21-11-9-19/h5-6,12H,2-4,7-11,17H2,1H3,(H,18,20). The van der Waals surface area contributed by atoms with Gasteiger partial charge in [0.25, 0.3) is 0 Å². The van der Waals surface area contributed by atoms with Gasteiger partial charge in [0.15, 0.2) is 0 Å². The van der Waals surface area contributed by atoms with Gasteiger partial charge in [-0.05, 0) is 62.4 Å². The molecule has 0 aliphatic carbocycles. The smallest absolute Gasteiger partial charge is 0.224 e. The van der Waals surface area contributed by atoms with Crippen molar-refractivity contribution in [3.63, 3.8) is 0 Å². The maximum absolute atomic E-state index is 12.0. The number of benzene rings is 1. The molecule has 0 aromatic heterocycles. The number of carbonyl (C=O) groups is 1. The second-order valence-corrected chi connectivity index (χ2v) is 6.76. The van der Waals surface area contributed by atoms with Gasteiger partial charge in [-0.15, -0.1) is 0 Å². The Morgan fingerprint density at radius 2 is 2.24 bits per heavy atom. The number of nitrogen functional groups attached to an aromatic ring is 1. The lowest BCUT2D eigenvalue weighted by atomic mass is 10.1. The highest BCUT2D eigenvalue weighted by atomic mass is 32.2. The molecule has 1 fully saturated rings. The average molecular weight is 307 g/mol. The van der Waals surface area contributed by atoms with Gasteiger partial charge in [-0.2, -0.15) is 11.8 Å². The summed E-state index contributed by atoms with van der Waals surface area (Å²) in [5, 5.41) is 2.97. The summed E-state index contributed by atoms with van der Waals surface area (Å²) >= 11 is 2.03. The van der Waals surface area contributed by atoms with E-state index in [4.69, 9.17) is 5.73 Å². The Hall–Kier alpha value is -1.20. The molecule has 0 bridgehead atoms. The quantitative estimate of drug-likeness (QED) is 0.821. The number of aryl methyl sites for hydroxylation is 1. The first-order valence-corrected chi connectivity index (χ1v) is 8.77. The summed E-state index contributed by atoms with van der Waals surface area (Å²) in [5.41, 5.74) is 8.31. The van der Waals surface area contributed by atoms with Crippen LogP contribution in [0, 0.1) is 6.92 Å². The molecule has 116 valence electrons. The van der Waals surface area contributed by atoms with E-state index in [2.05, 4.69) is 10.2 Å². The van der Waals surface area contributed by atoms with Gasteiger partial charge in [0.1, 0.15) is 0 Å². The second-order valence-electron chi connectivity index (χ2n) is 5.53. The van der Waals surface area contributed by atoms with Crippen LogP contribution in [0.15, 0.2) is 18.2 Å². The van der Waals surface area contributed by atoms with Crippen LogP contribution in [0.3, 0.4) is 0 Å². The van der Waals surface area contributed by atoms with Crippen LogP contribution in [0.1, 0.15) is 24.8 Å². The number of hydrogen-bond acceptors (Lipinski definition) is 4. The summed E-state index contributed by atoms with van der Waals surface area (Å²) in [4.78, 5) is 14.5. The maximum atomic E-state index is 12.0. The summed E-state index contributed by atoms with van der Waals surface area (Å²) in [5.74, 6) is 2.58. The van der Waals surface area contributed by atoms with E-state index in [1.807, 2.05) is 36.9 Å². The van der Waals surface area contributed by atoms with Crippen LogP contribution in [0.5, 0.6) is 0 Å². The van der Waals surface area contributed by atoms with Crippen LogP contribution in [-0.2, 0) is 4.79 Å². The van der Waals surface area contributed by atoms with E-state index in [9.17, 15) is 4.79 Å². The molecule has 4 nitrogen and oxygen atoms in total. The Kier molecular flexibility index (Phi) is 6.39. The molecular formula is C16H25N3OS. The van der Waals surface area contributed by atoms with Crippen LogP contribution >= 0.6 is 11.8 Å². The first-order valence-electron chi connectivity index (χ1n) is 7.61. The number of amides is 1. The molecule has 1 aliphatic rings. The van der Waals surface area contributed by atoms with Crippen molar-refractivity contribution in [2.24, 2.45) is 0 Å². The molecule has 1 amide bonds. The number of carbonyl (C=O) groups excluding carboxylic acids is 1. The van der Waals surface area contributed by atoms with Gasteiger partial charge >= 0.3 is 0 Å². The predicted octanol–water partition coefficient (Wildman–Crippen LogP) is 2.73. The third-order valence-electron chi connectivity index (χ3n) is 3.72. The van der Waals surface area contributed by atoms with Crippen molar-refractivity contribution >= 4 is 29.0 Å². The zero-order chi connectivity index (χ0) is 15.1. The Morgan fingerprint density at radius 3 is 3.05 bits per heavy atom. The van der Waals surface area contributed by atoms with E-state index < -0.39 is 0 Å². The van der Waals surface area contributed by atoms with Gasteiger partial charge in [-0.1, -0.05) is 0 Å². The van der Waals surface area contributed by atoms with Gasteiger partial charge in [0, 0.05) is 30.1 Å². The highest BCUT2D eigenvalue weighted by Gasteiger charge is 2.10. The molecule has 1 aliphatic heterocycles. The number of nitrogens with two attached hydrogens (primary N) is 1. The predicted molar refractivity (Wildman–Crippen MR) is 91.8 cm³/mol. The van der Waals surface area contributed by atoms with Crippen molar-refractivity contribution in [3.05, 3.63) is 23.8 Å². The molecule has 3 N–H and O–H groups in total. The monoisotopic (exact) mass is 307 g/mol. The van der Waals surface area contributed by atoms with E-state index in [0.717, 1.165) is 36.4 Å². The molecule has 21 heavy (non-hydrogen) atoms. The number of anilines is 2. The molecule has 0 atom stereocenters. The molecular weight excluding hydrogens is 282 g/mol. The average Bonchev–Trinajstić information content (AvgIpc) is 2.71. The van der Waals surface area contributed by atoms with Crippen LogP contribution < -0.4 is 11.1 Å². The fourth-order valence-electron chi connectivity index (χ4n) is 2.52. The van der Waals surface area contributed by atoms with Gasteiger partial charge in [0.2, 0.25) is 5.91 Å². The van der Waals surface area contributed by atoms with Gasteiger partial charge in [-0.3, -0.25) is 4.79 Å². The normalized spacial score (nSPS) is 16.4. The van der Waals surface area contributed by atoms with Crippen molar-refractivity contribution < 1.29 is 4.79 Å². The van der Waals surface area contributed by atoms with Gasteiger partial charge in [-0.25, -0.2) is 0 Å². The summed E-state index contributed by atoms with van der Waals surface area (Å²) in [6.45, 7) is 5.31. The molecule has 1 aromatic carbocycles. The van der Waals surface area contributed by atoms with E-state index in [1.54, 1.807) is 0 Å². The second kappa shape index (κ2) is 8.29. The Balaban J connectivity index is 1.71. The van der Waals surface area contributed by atoms with Gasteiger partial charge in [0.05, 0.1) is 0 Å². The SMILES string of the molecule is Cc1cc(N)ccc1NC(=O)CCCN1CCCSCC1. The molecule has 0 unspecified atom stereocenters. The largest absolute Gasteiger partial charge is 0.399 e. The fourth-order valence-corrected chi connectivity index (χ4v) is 3.45. The van der Waals surface area contributed by atoms with Crippen molar-refractivity contribution in [1.29, 1.82) is 0 Å². The highest BCUT2D eigenvalue weighted by molar-refractivity contribution is 7.99. The van der Waals surface area contributed by atoms with E-state index in [-0.39, 0.29) is 5.91 Å². The van der Waals surface area contributed by atoms with Crippen molar-refractivity contribution in [2.75, 3.05) is 42.2 Å². The first kappa shape index (κ1) is 16.2. The molecule has 1 heterocycles. The molecule has 2 rings (SSSR count). The third kappa shape index (κ3) is 5.59. The van der Waals surface area contributed by atoms with Crippen molar-refractivity contribution in [2.45, 2.75) is 26.2 Å². The van der Waals surface area contributed by atoms with Crippen molar-refractivity contribution in [1.82, 2.24) is 4.90 Å². The lowest BCUT2D eigenvalue weighted by Gasteiger charge is -2.19. The van der Waals surface area contributed by atoms with Gasteiger partial charge < -0.3 is 16.0 Å². The van der Waals surface area contributed by atoms with Crippen molar-refractivity contribution in [3.8, 4) is 0 Å². The molecule has 0 radical (unpaired) electrons. The minimum absolute atomic E-state index is 0.0899. The molecule has 5 heteroatoms. The fraction of sp³-hybridized carbons (Fsp3) is 0.562. The van der Waals surface area contributed by atoms with Crippen LogP contribution in [0.25, 0.3) is 0 Å². The number of thioether (sulfide) groups is 1. The maximum Gasteiger partial charge on any atom is 0.224 e. The first-order chi connectivity index (χ1) is 10.1. The Bertz CT molecular complexity index is 471. The van der Waals surface area contributed by atoms with Crippen LogP contribution in [0.4, 0.5) is 11.4 Å². The highest BCUT2D eigenvalue weighted by Crippen LogP contribution is 2.18. The number of nitrogens with zero attached hydrogens (tertiary/aromatic N) is 1. The lowest BCUT2D eigenvalue weighted by Crippen LogP contribution is -2.28. The minimum Gasteiger partial charge on any atom is -0.399 e. The molecule has 0 saturated carbocycles. The zero-order valence-corrected chi connectivity index (χ0v) is 13.5. The molecule has 0 spiro atoms. The molecule has 1 saturated heterocycles. The third-order valence-corrected chi connectivity index (χ3v) is 4.77. The summed E-state index contributed by atoms with van der Waals surface area (Å²) < 4.78 is 0. The summed E-state index contributed by atoms with van der Waals surface area (Å²) in [6, 6.07) is 5.57.